The first-order chi connectivity index (χ1) is 14.6. The van der Waals surface area contributed by atoms with Crippen LogP contribution in [0, 0.1) is 0 Å². The van der Waals surface area contributed by atoms with E-state index in [-0.39, 0.29) is 11.8 Å². The van der Waals surface area contributed by atoms with Crippen LogP contribution in [0.4, 0.5) is 11.8 Å². The number of aromatic nitrogens is 4. The Morgan fingerprint density at radius 2 is 1.97 bits per heavy atom. The zero-order chi connectivity index (χ0) is 21.1. The van der Waals surface area contributed by atoms with Gasteiger partial charge in [-0.05, 0) is 44.8 Å². The van der Waals surface area contributed by atoms with Crippen molar-refractivity contribution in [3.8, 4) is 22.8 Å². The van der Waals surface area contributed by atoms with Crippen molar-refractivity contribution in [2.45, 2.75) is 32.6 Å². The van der Waals surface area contributed by atoms with Gasteiger partial charge in [0.1, 0.15) is 5.82 Å². The standard InChI is InChI=1S/C21H29N7O2/c1-3-13-11-15(27-26-13)17-18-14(24-21(23)25-20(18)22)12-16(19(17)29-2)30-10-6-9-28-7-4-5-8-28/h11-12H,3-10H2,1-2H3,(H,26,27)(H4,22,23,24,25). The lowest BCUT2D eigenvalue weighted by Crippen LogP contribution is -2.22. The number of nitrogens with zero attached hydrogens (tertiary/aromatic N) is 4. The molecule has 0 atom stereocenters. The number of nitrogens with two attached hydrogens (primary N) is 2. The number of ether oxygens (including phenoxy) is 2. The molecule has 0 amide bonds. The maximum absolute atomic E-state index is 6.23. The molecule has 160 valence electrons. The Bertz CT molecular complexity index is 1030. The van der Waals surface area contributed by atoms with Crippen molar-refractivity contribution < 1.29 is 9.47 Å². The maximum Gasteiger partial charge on any atom is 0.222 e. The predicted molar refractivity (Wildman–Crippen MR) is 118 cm³/mol. The monoisotopic (exact) mass is 411 g/mol. The first kappa shape index (κ1) is 20.2. The molecular formula is C21H29N7O2. The predicted octanol–water partition coefficient (Wildman–Crippen LogP) is 2.62. The summed E-state index contributed by atoms with van der Waals surface area (Å²) in [6, 6.07) is 3.79. The van der Waals surface area contributed by atoms with Gasteiger partial charge >= 0.3 is 0 Å². The topological polar surface area (TPSA) is 128 Å². The molecule has 9 nitrogen and oxygen atoms in total. The minimum absolute atomic E-state index is 0.118. The molecule has 9 heteroatoms. The summed E-state index contributed by atoms with van der Waals surface area (Å²) < 4.78 is 11.9. The number of rotatable bonds is 8. The van der Waals surface area contributed by atoms with Crippen LogP contribution < -0.4 is 20.9 Å². The lowest BCUT2D eigenvalue weighted by Gasteiger charge is -2.18. The van der Waals surface area contributed by atoms with Crippen LogP contribution >= 0.6 is 0 Å². The molecule has 0 aliphatic carbocycles. The minimum Gasteiger partial charge on any atom is -0.492 e. The fraction of sp³-hybridized carbons (Fsp3) is 0.476. The normalized spacial score (nSPS) is 14.5. The number of nitrogens with one attached hydrogen (secondary N) is 1. The maximum atomic E-state index is 6.23. The summed E-state index contributed by atoms with van der Waals surface area (Å²) in [6.07, 6.45) is 4.34. The van der Waals surface area contributed by atoms with Crippen LogP contribution in [0.15, 0.2) is 12.1 Å². The Balaban J connectivity index is 1.72. The largest absolute Gasteiger partial charge is 0.492 e. The Kier molecular flexibility index (Phi) is 5.89. The van der Waals surface area contributed by atoms with Gasteiger partial charge in [-0.2, -0.15) is 10.1 Å². The third-order valence-electron chi connectivity index (χ3n) is 5.50. The van der Waals surface area contributed by atoms with Gasteiger partial charge in [-0.1, -0.05) is 6.92 Å². The van der Waals surface area contributed by atoms with Crippen molar-refractivity contribution in [3.05, 3.63) is 17.8 Å². The third-order valence-corrected chi connectivity index (χ3v) is 5.50. The van der Waals surface area contributed by atoms with Crippen molar-refractivity contribution in [1.29, 1.82) is 0 Å². The summed E-state index contributed by atoms with van der Waals surface area (Å²) in [5, 5.41) is 8.16. The van der Waals surface area contributed by atoms with Gasteiger partial charge in [-0.15, -0.1) is 0 Å². The number of H-pyrrole nitrogens is 1. The van der Waals surface area contributed by atoms with Crippen molar-refractivity contribution in [2.75, 3.05) is 44.8 Å². The first-order valence-corrected chi connectivity index (χ1v) is 10.4. The molecule has 1 saturated heterocycles. The van der Waals surface area contributed by atoms with Gasteiger partial charge in [-0.25, -0.2) is 4.98 Å². The molecular weight excluding hydrogens is 382 g/mol. The van der Waals surface area contributed by atoms with E-state index in [1.807, 2.05) is 12.1 Å². The van der Waals surface area contributed by atoms with E-state index < -0.39 is 0 Å². The molecule has 1 aliphatic rings. The number of fused-ring (bicyclic) bond motifs is 1. The zero-order valence-corrected chi connectivity index (χ0v) is 17.6. The highest BCUT2D eigenvalue weighted by molar-refractivity contribution is 6.05. The molecule has 4 rings (SSSR count). The molecule has 1 fully saturated rings. The van der Waals surface area contributed by atoms with Gasteiger partial charge in [0.25, 0.3) is 0 Å². The van der Waals surface area contributed by atoms with E-state index in [1.54, 1.807) is 7.11 Å². The fourth-order valence-electron chi connectivity index (χ4n) is 4.00. The molecule has 0 bridgehead atoms. The van der Waals surface area contributed by atoms with Crippen LogP contribution in [0.5, 0.6) is 11.5 Å². The number of aryl methyl sites for hydroxylation is 1. The van der Waals surface area contributed by atoms with Crippen molar-refractivity contribution in [3.63, 3.8) is 0 Å². The van der Waals surface area contributed by atoms with Crippen molar-refractivity contribution in [2.24, 2.45) is 0 Å². The van der Waals surface area contributed by atoms with Gasteiger partial charge in [0.05, 0.1) is 35.9 Å². The molecule has 0 unspecified atom stereocenters. The van der Waals surface area contributed by atoms with Crippen LogP contribution in [0.3, 0.4) is 0 Å². The van der Waals surface area contributed by atoms with Crippen molar-refractivity contribution in [1.82, 2.24) is 25.1 Å². The van der Waals surface area contributed by atoms with E-state index in [0.717, 1.165) is 25.1 Å². The lowest BCUT2D eigenvalue weighted by atomic mass is 10.0. The molecule has 0 spiro atoms. The molecule has 1 aromatic carbocycles. The van der Waals surface area contributed by atoms with Crippen LogP contribution in [-0.2, 0) is 6.42 Å². The second-order valence-corrected chi connectivity index (χ2v) is 7.53. The zero-order valence-electron chi connectivity index (χ0n) is 17.6. The summed E-state index contributed by atoms with van der Waals surface area (Å²) in [4.78, 5) is 11.0. The third kappa shape index (κ3) is 3.97. The molecule has 3 aromatic rings. The second-order valence-electron chi connectivity index (χ2n) is 7.53. The van der Waals surface area contributed by atoms with Gasteiger partial charge in [0, 0.05) is 18.3 Å². The van der Waals surface area contributed by atoms with Gasteiger partial charge in [0.15, 0.2) is 11.5 Å². The molecule has 3 heterocycles. The number of aromatic amines is 1. The summed E-state index contributed by atoms with van der Waals surface area (Å²) in [6.45, 7) is 6.03. The van der Waals surface area contributed by atoms with E-state index in [0.29, 0.717) is 40.3 Å². The summed E-state index contributed by atoms with van der Waals surface area (Å²) in [7, 11) is 1.61. The SMILES string of the molecule is CCc1cc(-c2c(OC)c(OCCCN3CCCC3)cc3nc(N)nc(N)c23)n[nH]1. The summed E-state index contributed by atoms with van der Waals surface area (Å²) >= 11 is 0. The highest BCUT2D eigenvalue weighted by atomic mass is 16.5. The number of likely N-dealkylation sites (tertiary alicyclic amines) is 1. The molecule has 2 aromatic heterocycles. The molecule has 5 N–H and O–H groups in total. The molecule has 1 aliphatic heterocycles. The summed E-state index contributed by atoms with van der Waals surface area (Å²) in [5.41, 5.74) is 15.1. The first-order valence-electron chi connectivity index (χ1n) is 10.4. The van der Waals surface area contributed by atoms with E-state index in [1.165, 1.54) is 25.9 Å². The Labute approximate surface area is 175 Å². The number of hydrogen-bond donors (Lipinski definition) is 3. The van der Waals surface area contributed by atoms with Crippen LogP contribution in [0.1, 0.15) is 31.9 Å². The number of nitrogen functional groups attached to an aromatic ring is 2. The average Bonchev–Trinajstić information content (AvgIpc) is 3.41. The molecule has 30 heavy (non-hydrogen) atoms. The smallest absolute Gasteiger partial charge is 0.222 e. The molecule has 0 saturated carbocycles. The Morgan fingerprint density at radius 3 is 2.67 bits per heavy atom. The fourth-order valence-corrected chi connectivity index (χ4v) is 4.00. The number of anilines is 2. The van der Waals surface area contributed by atoms with Crippen LogP contribution in [-0.4, -0.2) is 58.4 Å². The van der Waals surface area contributed by atoms with Crippen LogP contribution in [0.2, 0.25) is 0 Å². The van der Waals surface area contributed by atoms with Crippen molar-refractivity contribution >= 4 is 22.7 Å². The van der Waals surface area contributed by atoms with E-state index in [4.69, 9.17) is 20.9 Å². The number of methoxy groups -OCH3 is 1. The minimum atomic E-state index is 0.118. The van der Waals surface area contributed by atoms with Gasteiger partial charge in [-0.3, -0.25) is 5.10 Å². The van der Waals surface area contributed by atoms with Gasteiger partial charge in [0.2, 0.25) is 5.95 Å². The van der Waals surface area contributed by atoms with E-state index in [9.17, 15) is 0 Å². The molecule has 0 radical (unpaired) electrons. The average molecular weight is 412 g/mol. The van der Waals surface area contributed by atoms with E-state index >= 15 is 0 Å². The quantitative estimate of drug-likeness (QED) is 0.483. The Morgan fingerprint density at radius 1 is 1.17 bits per heavy atom. The highest BCUT2D eigenvalue weighted by Crippen LogP contribution is 2.44. The highest BCUT2D eigenvalue weighted by Gasteiger charge is 2.23. The lowest BCUT2D eigenvalue weighted by molar-refractivity contribution is 0.255. The number of hydrogen-bond acceptors (Lipinski definition) is 8. The second kappa shape index (κ2) is 8.74. The Hall–Kier alpha value is -3.07. The number of benzene rings is 1. The summed E-state index contributed by atoms with van der Waals surface area (Å²) in [5.74, 6) is 1.57. The van der Waals surface area contributed by atoms with Gasteiger partial charge < -0.3 is 25.8 Å². The van der Waals surface area contributed by atoms with Crippen LogP contribution in [0.25, 0.3) is 22.2 Å². The van der Waals surface area contributed by atoms with E-state index in [2.05, 4.69) is 32.0 Å².